The van der Waals surface area contributed by atoms with E-state index < -0.39 is 5.91 Å². The van der Waals surface area contributed by atoms with E-state index in [0.717, 1.165) is 0 Å². The zero-order chi connectivity index (χ0) is 14.5. The minimum Gasteiger partial charge on any atom is -0.504 e. The summed E-state index contributed by atoms with van der Waals surface area (Å²) in [5.74, 6) is -0.249. The van der Waals surface area contributed by atoms with Crippen LogP contribution in [0.25, 0.3) is 0 Å². The quantitative estimate of drug-likeness (QED) is 0.887. The number of nitrogens with zero attached hydrogens (tertiary/aromatic N) is 2. The van der Waals surface area contributed by atoms with E-state index in [4.69, 9.17) is 10.00 Å². The molecule has 0 saturated carbocycles. The number of rotatable bonds is 3. The summed E-state index contributed by atoms with van der Waals surface area (Å²) in [4.78, 5) is 15.9. The number of carbonyl (C=O) groups is 1. The lowest BCUT2D eigenvalue weighted by atomic mass is 10.1. The minimum atomic E-state index is -0.515. The second-order valence-electron chi connectivity index (χ2n) is 3.85. The van der Waals surface area contributed by atoms with Gasteiger partial charge >= 0.3 is 0 Å². The topological polar surface area (TPSA) is 95.2 Å². The van der Waals surface area contributed by atoms with Gasteiger partial charge in [0.15, 0.2) is 11.5 Å². The molecule has 0 aliphatic rings. The predicted molar refractivity (Wildman–Crippen MR) is 71.6 cm³/mol. The first kappa shape index (κ1) is 13.4. The van der Waals surface area contributed by atoms with Gasteiger partial charge in [-0.05, 0) is 24.3 Å². The first-order valence-corrected chi connectivity index (χ1v) is 5.69. The molecule has 0 bridgehead atoms. The van der Waals surface area contributed by atoms with Gasteiger partial charge in [-0.25, -0.2) is 4.98 Å². The maximum absolute atomic E-state index is 12.0. The number of nitrogens with one attached hydrogen (secondary N) is 1. The third kappa shape index (κ3) is 2.67. The fourth-order valence-corrected chi connectivity index (χ4v) is 1.59. The van der Waals surface area contributed by atoms with Gasteiger partial charge in [0.2, 0.25) is 0 Å². The molecule has 1 heterocycles. The van der Waals surface area contributed by atoms with Gasteiger partial charge in [-0.15, -0.1) is 0 Å². The number of hydrogen-bond donors (Lipinski definition) is 2. The standard InChI is InChI=1S/C14H11N3O3/c1-20-11-4-2-3-10(13(11)18)14(19)17-12-6-5-9(7-15)8-16-12/h2-6,8,18H,1H3,(H,16,17,19). The Labute approximate surface area is 115 Å². The van der Waals surface area contributed by atoms with Crippen LogP contribution in [0.3, 0.4) is 0 Å². The van der Waals surface area contributed by atoms with Crippen LogP contribution in [0, 0.1) is 11.3 Å². The van der Waals surface area contributed by atoms with Crippen molar-refractivity contribution in [3.63, 3.8) is 0 Å². The molecule has 0 fully saturated rings. The molecule has 0 saturated heterocycles. The van der Waals surface area contributed by atoms with Crippen LogP contribution in [0.4, 0.5) is 5.82 Å². The van der Waals surface area contributed by atoms with Gasteiger partial charge in [0.25, 0.3) is 5.91 Å². The summed E-state index contributed by atoms with van der Waals surface area (Å²) in [6.07, 6.45) is 1.35. The Morgan fingerprint density at radius 3 is 2.80 bits per heavy atom. The molecule has 0 unspecified atom stereocenters. The summed E-state index contributed by atoms with van der Waals surface area (Å²) >= 11 is 0. The Hall–Kier alpha value is -3.07. The molecule has 6 nitrogen and oxygen atoms in total. The molecule has 20 heavy (non-hydrogen) atoms. The number of phenols is 1. The molecule has 2 N–H and O–H groups in total. The smallest absolute Gasteiger partial charge is 0.260 e. The van der Waals surface area contributed by atoms with Crippen LogP contribution in [0.1, 0.15) is 15.9 Å². The SMILES string of the molecule is COc1cccc(C(=O)Nc2ccc(C#N)cn2)c1O. The molecule has 1 amide bonds. The van der Waals surface area contributed by atoms with Crippen LogP contribution in [0.15, 0.2) is 36.5 Å². The van der Waals surface area contributed by atoms with E-state index in [0.29, 0.717) is 5.56 Å². The number of benzene rings is 1. The Morgan fingerprint density at radius 1 is 1.40 bits per heavy atom. The number of amides is 1. The van der Waals surface area contributed by atoms with Crippen molar-refractivity contribution < 1.29 is 14.6 Å². The maximum Gasteiger partial charge on any atom is 0.260 e. The molecule has 2 aromatic rings. The van der Waals surface area contributed by atoms with Crippen LogP contribution >= 0.6 is 0 Å². The lowest BCUT2D eigenvalue weighted by Gasteiger charge is -2.08. The predicted octanol–water partition coefficient (Wildman–Crippen LogP) is 1.92. The summed E-state index contributed by atoms with van der Waals surface area (Å²) < 4.78 is 4.93. The van der Waals surface area contributed by atoms with Crippen LogP contribution in [-0.2, 0) is 0 Å². The fraction of sp³-hybridized carbons (Fsp3) is 0.0714. The molecule has 0 spiro atoms. The van der Waals surface area contributed by atoms with Gasteiger partial charge in [0.1, 0.15) is 11.9 Å². The molecule has 0 atom stereocenters. The summed E-state index contributed by atoms with van der Waals surface area (Å²) in [6.45, 7) is 0. The third-order valence-corrected chi connectivity index (χ3v) is 2.60. The highest BCUT2D eigenvalue weighted by atomic mass is 16.5. The highest BCUT2D eigenvalue weighted by molar-refractivity contribution is 6.06. The van der Waals surface area contributed by atoms with Crippen molar-refractivity contribution in [2.75, 3.05) is 12.4 Å². The van der Waals surface area contributed by atoms with Gasteiger partial charge in [-0.1, -0.05) is 6.07 Å². The lowest BCUT2D eigenvalue weighted by Crippen LogP contribution is -2.13. The number of ether oxygens (including phenoxy) is 1. The van der Waals surface area contributed by atoms with Gasteiger partial charge in [0, 0.05) is 6.20 Å². The van der Waals surface area contributed by atoms with E-state index in [1.807, 2.05) is 6.07 Å². The number of nitriles is 1. The molecule has 100 valence electrons. The van der Waals surface area contributed by atoms with Crippen molar-refractivity contribution in [1.29, 1.82) is 5.26 Å². The molecular formula is C14H11N3O3. The average Bonchev–Trinajstić information content (AvgIpc) is 2.48. The number of hydrogen-bond acceptors (Lipinski definition) is 5. The van der Waals surface area contributed by atoms with E-state index in [1.54, 1.807) is 12.1 Å². The summed E-state index contributed by atoms with van der Waals surface area (Å²) in [5.41, 5.74) is 0.475. The van der Waals surface area contributed by atoms with Crippen LogP contribution < -0.4 is 10.1 Å². The summed E-state index contributed by atoms with van der Waals surface area (Å²) in [5, 5.41) is 21.1. The highest BCUT2D eigenvalue weighted by Crippen LogP contribution is 2.29. The normalized spacial score (nSPS) is 9.60. The first-order chi connectivity index (χ1) is 9.65. The number of pyridine rings is 1. The number of para-hydroxylation sites is 1. The van der Waals surface area contributed by atoms with Crippen LogP contribution in [0.2, 0.25) is 0 Å². The molecule has 0 radical (unpaired) electrons. The van der Waals surface area contributed by atoms with Crippen molar-refractivity contribution in [3.05, 3.63) is 47.7 Å². The molecular weight excluding hydrogens is 258 g/mol. The number of anilines is 1. The Balaban J connectivity index is 2.22. The molecule has 0 aliphatic heterocycles. The van der Waals surface area contributed by atoms with E-state index in [9.17, 15) is 9.90 Å². The van der Waals surface area contributed by atoms with Crippen LogP contribution in [-0.4, -0.2) is 23.1 Å². The van der Waals surface area contributed by atoms with Crippen molar-refractivity contribution >= 4 is 11.7 Å². The summed E-state index contributed by atoms with van der Waals surface area (Å²) in [6, 6.07) is 9.59. The van der Waals surface area contributed by atoms with Gasteiger partial charge in [-0.3, -0.25) is 4.79 Å². The Kier molecular flexibility index (Phi) is 3.82. The van der Waals surface area contributed by atoms with E-state index in [2.05, 4.69) is 10.3 Å². The number of aromatic hydroxyl groups is 1. The number of aromatic nitrogens is 1. The third-order valence-electron chi connectivity index (χ3n) is 2.60. The molecule has 6 heteroatoms. The minimum absolute atomic E-state index is 0.0792. The maximum atomic E-state index is 12.0. The molecule has 2 rings (SSSR count). The lowest BCUT2D eigenvalue weighted by molar-refractivity contribution is 0.102. The van der Waals surface area contributed by atoms with E-state index >= 15 is 0 Å². The Bertz CT molecular complexity index is 675. The van der Waals surface area contributed by atoms with Crippen molar-refractivity contribution in [3.8, 4) is 17.6 Å². The Morgan fingerprint density at radius 2 is 2.20 bits per heavy atom. The zero-order valence-corrected chi connectivity index (χ0v) is 10.6. The van der Waals surface area contributed by atoms with Crippen molar-refractivity contribution in [1.82, 2.24) is 4.98 Å². The fourth-order valence-electron chi connectivity index (χ4n) is 1.59. The van der Waals surface area contributed by atoms with Gasteiger partial charge < -0.3 is 15.2 Å². The largest absolute Gasteiger partial charge is 0.504 e. The highest BCUT2D eigenvalue weighted by Gasteiger charge is 2.15. The molecule has 1 aromatic heterocycles. The van der Waals surface area contributed by atoms with Crippen molar-refractivity contribution in [2.45, 2.75) is 0 Å². The van der Waals surface area contributed by atoms with Gasteiger partial charge in [-0.2, -0.15) is 5.26 Å². The number of carbonyl (C=O) groups excluding carboxylic acids is 1. The molecule has 0 aliphatic carbocycles. The second kappa shape index (κ2) is 5.71. The monoisotopic (exact) mass is 269 g/mol. The number of phenolic OH excluding ortho intramolecular Hbond substituents is 1. The second-order valence-corrected chi connectivity index (χ2v) is 3.85. The number of methoxy groups -OCH3 is 1. The average molecular weight is 269 g/mol. The van der Waals surface area contributed by atoms with Gasteiger partial charge in [0.05, 0.1) is 18.2 Å². The molecule has 1 aromatic carbocycles. The van der Waals surface area contributed by atoms with Crippen LogP contribution in [0.5, 0.6) is 11.5 Å². The van der Waals surface area contributed by atoms with E-state index in [1.165, 1.54) is 31.5 Å². The first-order valence-electron chi connectivity index (χ1n) is 5.69. The van der Waals surface area contributed by atoms with E-state index in [-0.39, 0.29) is 22.9 Å². The van der Waals surface area contributed by atoms with Crippen molar-refractivity contribution in [2.24, 2.45) is 0 Å². The summed E-state index contributed by atoms with van der Waals surface area (Å²) in [7, 11) is 1.40. The zero-order valence-electron chi connectivity index (χ0n) is 10.6.